The normalized spacial score (nSPS) is 28.1. The average Bonchev–Trinajstić information content (AvgIpc) is 2.79. The molecule has 0 bridgehead atoms. The molecule has 1 aliphatic carbocycles. The van der Waals surface area contributed by atoms with E-state index in [1.807, 2.05) is 0 Å². The maximum atomic E-state index is 9.58. The van der Waals surface area contributed by atoms with Crippen LogP contribution in [0.25, 0.3) is 0 Å². The lowest BCUT2D eigenvalue weighted by Crippen LogP contribution is -2.53. The predicted octanol–water partition coefficient (Wildman–Crippen LogP) is 1.70. The van der Waals surface area contributed by atoms with E-state index in [1.54, 1.807) is 0 Å². The molecule has 94 valence electrons. The van der Waals surface area contributed by atoms with Crippen molar-refractivity contribution in [2.24, 2.45) is 5.92 Å². The van der Waals surface area contributed by atoms with Crippen molar-refractivity contribution < 1.29 is 9.84 Å². The molecule has 3 nitrogen and oxygen atoms in total. The second kappa shape index (κ2) is 5.48. The Bertz CT molecular complexity index is 208. The molecule has 16 heavy (non-hydrogen) atoms. The van der Waals surface area contributed by atoms with Crippen molar-refractivity contribution in [3.63, 3.8) is 0 Å². The molecule has 0 aromatic rings. The van der Waals surface area contributed by atoms with Crippen LogP contribution < -0.4 is 5.32 Å². The largest absolute Gasteiger partial charge is 0.394 e. The third-order valence-electron chi connectivity index (χ3n) is 4.37. The van der Waals surface area contributed by atoms with Gasteiger partial charge in [-0.25, -0.2) is 0 Å². The third kappa shape index (κ3) is 2.76. The van der Waals surface area contributed by atoms with Gasteiger partial charge in [-0.1, -0.05) is 12.8 Å². The van der Waals surface area contributed by atoms with Gasteiger partial charge in [0.15, 0.2) is 0 Å². The van der Waals surface area contributed by atoms with E-state index < -0.39 is 0 Å². The standard InChI is InChI=1S/C13H25NO2/c1-11(12-4-8-16-9-5-12)14-13(10-15)6-2-3-7-13/h11-12,14-15H,2-10H2,1H3. The summed E-state index contributed by atoms with van der Waals surface area (Å²) in [4.78, 5) is 0. The number of rotatable bonds is 4. The number of aliphatic hydroxyl groups excluding tert-OH is 1. The molecule has 3 heteroatoms. The van der Waals surface area contributed by atoms with Crippen molar-refractivity contribution in [3.8, 4) is 0 Å². The van der Waals surface area contributed by atoms with Crippen LogP contribution in [-0.2, 0) is 4.74 Å². The summed E-state index contributed by atoms with van der Waals surface area (Å²) in [6.45, 7) is 4.37. The number of nitrogens with one attached hydrogen (secondary N) is 1. The fraction of sp³-hybridized carbons (Fsp3) is 1.00. The van der Waals surface area contributed by atoms with Crippen LogP contribution in [0.5, 0.6) is 0 Å². The van der Waals surface area contributed by atoms with E-state index in [2.05, 4.69) is 12.2 Å². The summed E-state index contributed by atoms with van der Waals surface area (Å²) >= 11 is 0. The van der Waals surface area contributed by atoms with Crippen molar-refractivity contribution in [1.82, 2.24) is 5.32 Å². The van der Waals surface area contributed by atoms with Gasteiger partial charge in [-0.15, -0.1) is 0 Å². The van der Waals surface area contributed by atoms with Gasteiger partial charge in [-0.2, -0.15) is 0 Å². The number of ether oxygens (including phenoxy) is 1. The predicted molar refractivity (Wildman–Crippen MR) is 64.4 cm³/mol. The number of hydrogen-bond acceptors (Lipinski definition) is 3. The van der Waals surface area contributed by atoms with Gasteiger partial charge in [0.2, 0.25) is 0 Å². The van der Waals surface area contributed by atoms with Crippen molar-refractivity contribution >= 4 is 0 Å². The Hall–Kier alpha value is -0.120. The minimum absolute atomic E-state index is 0.0255. The van der Waals surface area contributed by atoms with Crippen LogP contribution in [0.2, 0.25) is 0 Å². The Kier molecular flexibility index (Phi) is 4.22. The Morgan fingerprint density at radius 2 is 1.94 bits per heavy atom. The SMILES string of the molecule is CC(NC1(CO)CCCC1)C1CCOCC1. The Balaban J connectivity index is 1.86. The Morgan fingerprint density at radius 3 is 2.50 bits per heavy atom. The van der Waals surface area contributed by atoms with Gasteiger partial charge in [0, 0.05) is 24.8 Å². The highest BCUT2D eigenvalue weighted by Gasteiger charge is 2.35. The molecule has 1 aliphatic heterocycles. The molecule has 1 atom stereocenters. The van der Waals surface area contributed by atoms with Gasteiger partial charge >= 0.3 is 0 Å². The van der Waals surface area contributed by atoms with Gasteiger partial charge in [-0.05, 0) is 38.5 Å². The van der Waals surface area contributed by atoms with Crippen LogP contribution in [0.3, 0.4) is 0 Å². The quantitative estimate of drug-likeness (QED) is 0.768. The molecular weight excluding hydrogens is 202 g/mol. The van der Waals surface area contributed by atoms with E-state index in [1.165, 1.54) is 12.8 Å². The van der Waals surface area contributed by atoms with Gasteiger partial charge in [0.25, 0.3) is 0 Å². The molecule has 1 heterocycles. The average molecular weight is 227 g/mol. The van der Waals surface area contributed by atoms with E-state index in [-0.39, 0.29) is 5.54 Å². The van der Waals surface area contributed by atoms with Crippen molar-refractivity contribution in [2.75, 3.05) is 19.8 Å². The highest BCUT2D eigenvalue weighted by Crippen LogP contribution is 2.31. The first-order chi connectivity index (χ1) is 7.76. The van der Waals surface area contributed by atoms with E-state index in [4.69, 9.17) is 4.74 Å². The molecule has 0 amide bonds. The minimum Gasteiger partial charge on any atom is -0.394 e. The molecule has 1 saturated carbocycles. The molecular formula is C13H25NO2. The lowest BCUT2D eigenvalue weighted by Gasteiger charge is -2.37. The second-order valence-electron chi connectivity index (χ2n) is 5.53. The second-order valence-corrected chi connectivity index (χ2v) is 5.53. The van der Waals surface area contributed by atoms with E-state index >= 15 is 0 Å². The molecule has 0 aromatic heterocycles. The number of aliphatic hydroxyl groups is 1. The minimum atomic E-state index is 0.0255. The van der Waals surface area contributed by atoms with Crippen molar-refractivity contribution in [3.05, 3.63) is 0 Å². The highest BCUT2D eigenvalue weighted by atomic mass is 16.5. The van der Waals surface area contributed by atoms with E-state index in [9.17, 15) is 5.11 Å². The molecule has 2 fully saturated rings. The Morgan fingerprint density at radius 1 is 1.31 bits per heavy atom. The smallest absolute Gasteiger partial charge is 0.0613 e. The van der Waals surface area contributed by atoms with Crippen LogP contribution in [0.4, 0.5) is 0 Å². The lowest BCUT2D eigenvalue weighted by atomic mass is 9.89. The summed E-state index contributed by atoms with van der Waals surface area (Å²) in [5, 5.41) is 13.3. The zero-order chi connectivity index (χ0) is 11.4. The maximum absolute atomic E-state index is 9.58. The Labute approximate surface area is 98.6 Å². The van der Waals surface area contributed by atoms with Gasteiger partial charge in [-0.3, -0.25) is 0 Å². The third-order valence-corrected chi connectivity index (χ3v) is 4.37. The first kappa shape index (κ1) is 12.3. The fourth-order valence-corrected chi connectivity index (χ4v) is 3.22. The molecule has 0 spiro atoms. The summed E-state index contributed by atoms with van der Waals surface area (Å²) < 4.78 is 5.39. The first-order valence-electron chi connectivity index (χ1n) is 6.72. The molecule has 2 aliphatic rings. The van der Waals surface area contributed by atoms with Crippen molar-refractivity contribution in [1.29, 1.82) is 0 Å². The molecule has 2 rings (SSSR count). The molecule has 2 N–H and O–H groups in total. The topological polar surface area (TPSA) is 41.5 Å². The summed E-state index contributed by atoms with van der Waals surface area (Å²) in [5.41, 5.74) is 0.0255. The highest BCUT2D eigenvalue weighted by molar-refractivity contribution is 4.95. The summed E-state index contributed by atoms with van der Waals surface area (Å²) in [6, 6.07) is 0.508. The molecule has 0 aromatic carbocycles. The first-order valence-corrected chi connectivity index (χ1v) is 6.72. The van der Waals surface area contributed by atoms with Crippen LogP contribution in [0.15, 0.2) is 0 Å². The van der Waals surface area contributed by atoms with Gasteiger partial charge < -0.3 is 15.2 Å². The zero-order valence-electron chi connectivity index (χ0n) is 10.4. The van der Waals surface area contributed by atoms with Gasteiger partial charge in [0.05, 0.1) is 6.61 Å². The summed E-state index contributed by atoms with van der Waals surface area (Å²) in [6.07, 6.45) is 7.11. The summed E-state index contributed by atoms with van der Waals surface area (Å²) in [5.74, 6) is 0.720. The molecule has 1 unspecified atom stereocenters. The summed E-state index contributed by atoms with van der Waals surface area (Å²) in [7, 11) is 0. The number of hydrogen-bond donors (Lipinski definition) is 2. The monoisotopic (exact) mass is 227 g/mol. The van der Waals surface area contributed by atoms with E-state index in [0.717, 1.165) is 44.8 Å². The molecule has 0 radical (unpaired) electrons. The zero-order valence-corrected chi connectivity index (χ0v) is 10.4. The maximum Gasteiger partial charge on any atom is 0.0613 e. The van der Waals surface area contributed by atoms with Crippen LogP contribution in [0.1, 0.15) is 45.4 Å². The molecule has 1 saturated heterocycles. The van der Waals surface area contributed by atoms with Crippen LogP contribution >= 0.6 is 0 Å². The van der Waals surface area contributed by atoms with Crippen LogP contribution in [0, 0.1) is 5.92 Å². The van der Waals surface area contributed by atoms with E-state index in [0.29, 0.717) is 12.6 Å². The van der Waals surface area contributed by atoms with Crippen LogP contribution in [-0.4, -0.2) is 36.5 Å². The van der Waals surface area contributed by atoms with Gasteiger partial charge in [0.1, 0.15) is 0 Å². The van der Waals surface area contributed by atoms with Crippen molar-refractivity contribution in [2.45, 2.75) is 57.0 Å². The lowest BCUT2D eigenvalue weighted by molar-refractivity contribution is 0.0462. The fourth-order valence-electron chi connectivity index (χ4n) is 3.22.